The third-order valence-electron chi connectivity index (χ3n) is 3.50. The highest BCUT2D eigenvalue weighted by molar-refractivity contribution is 5.46. The Morgan fingerprint density at radius 3 is 2.17 bits per heavy atom. The normalized spacial score (nSPS) is 15.0. The lowest BCUT2D eigenvalue weighted by Crippen LogP contribution is -2.27. The summed E-state index contributed by atoms with van der Waals surface area (Å²) >= 11 is 0. The van der Waals surface area contributed by atoms with Gasteiger partial charge in [-0.2, -0.15) is 0 Å². The van der Waals surface area contributed by atoms with Crippen LogP contribution in [0.15, 0.2) is 42.5 Å². The van der Waals surface area contributed by atoms with Gasteiger partial charge in [0, 0.05) is 13.1 Å². The first-order chi connectivity index (χ1) is 8.83. The number of pyridine rings is 1. The predicted octanol–water partition coefficient (Wildman–Crippen LogP) is 2.27. The van der Waals surface area contributed by atoms with Gasteiger partial charge in [0.2, 0.25) is 0 Å². The summed E-state index contributed by atoms with van der Waals surface area (Å²) in [6, 6.07) is 14.5. The predicted molar refractivity (Wildman–Crippen MR) is 74.7 cm³/mol. The van der Waals surface area contributed by atoms with Gasteiger partial charge in [-0.25, -0.2) is 4.98 Å². The molecule has 0 atom stereocenters. The molecular weight excluding hydrogens is 222 g/mol. The minimum absolute atomic E-state index is 0.592. The van der Waals surface area contributed by atoms with Crippen LogP contribution < -0.4 is 10.6 Å². The quantitative estimate of drug-likeness (QED) is 0.830. The van der Waals surface area contributed by atoms with Crippen molar-refractivity contribution in [1.82, 2.24) is 4.98 Å². The van der Waals surface area contributed by atoms with Gasteiger partial charge in [-0.05, 0) is 36.1 Å². The van der Waals surface area contributed by atoms with Crippen molar-refractivity contribution in [2.45, 2.75) is 12.8 Å². The highest BCUT2D eigenvalue weighted by Gasteiger charge is 2.14. The Balaban J connectivity index is 1.83. The summed E-state index contributed by atoms with van der Waals surface area (Å²) in [6.45, 7) is 2.01. The first-order valence-electron chi connectivity index (χ1n) is 6.37. The Labute approximate surface area is 107 Å². The second kappa shape index (κ2) is 4.69. The van der Waals surface area contributed by atoms with Crippen molar-refractivity contribution >= 4 is 11.6 Å². The van der Waals surface area contributed by atoms with Crippen LogP contribution in [0.3, 0.4) is 0 Å². The largest absolute Gasteiger partial charge is 0.384 e. The van der Waals surface area contributed by atoms with E-state index < -0.39 is 0 Å². The number of benzene rings is 1. The topological polar surface area (TPSA) is 42.1 Å². The lowest BCUT2D eigenvalue weighted by molar-refractivity contribution is 0.792. The molecule has 1 aromatic heterocycles. The average molecular weight is 239 g/mol. The van der Waals surface area contributed by atoms with Gasteiger partial charge in [0.25, 0.3) is 0 Å². The van der Waals surface area contributed by atoms with E-state index in [9.17, 15) is 0 Å². The van der Waals surface area contributed by atoms with Gasteiger partial charge in [-0.15, -0.1) is 0 Å². The molecular formula is C15H17N3. The molecule has 2 aromatic rings. The Morgan fingerprint density at radius 1 is 0.889 bits per heavy atom. The van der Waals surface area contributed by atoms with E-state index in [0.29, 0.717) is 5.82 Å². The average Bonchev–Trinajstić information content (AvgIpc) is 2.61. The maximum atomic E-state index is 5.75. The maximum Gasteiger partial charge on any atom is 0.130 e. The van der Waals surface area contributed by atoms with Gasteiger partial charge in [-0.1, -0.05) is 30.3 Å². The Morgan fingerprint density at radius 2 is 1.56 bits per heavy atom. The van der Waals surface area contributed by atoms with Crippen molar-refractivity contribution in [3.05, 3.63) is 53.6 Å². The molecule has 3 rings (SSSR count). The van der Waals surface area contributed by atoms with E-state index in [1.54, 1.807) is 0 Å². The van der Waals surface area contributed by atoms with E-state index in [1.807, 2.05) is 18.2 Å². The zero-order chi connectivity index (χ0) is 12.4. The van der Waals surface area contributed by atoms with E-state index in [-0.39, 0.29) is 0 Å². The lowest BCUT2D eigenvalue weighted by atomic mass is 10.0. The van der Waals surface area contributed by atoms with Crippen LogP contribution in [0.2, 0.25) is 0 Å². The maximum absolute atomic E-state index is 5.75. The smallest absolute Gasteiger partial charge is 0.130 e. The summed E-state index contributed by atoms with van der Waals surface area (Å²) in [5, 5.41) is 0. The molecule has 0 unspecified atom stereocenters. The van der Waals surface area contributed by atoms with Crippen molar-refractivity contribution in [1.29, 1.82) is 0 Å². The molecule has 3 nitrogen and oxygen atoms in total. The molecule has 92 valence electrons. The molecule has 2 N–H and O–H groups in total. The van der Waals surface area contributed by atoms with Gasteiger partial charge in [0.1, 0.15) is 11.6 Å². The van der Waals surface area contributed by atoms with Gasteiger partial charge >= 0.3 is 0 Å². The highest BCUT2D eigenvalue weighted by Crippen LogP contribution is 2.20. The van der Waals surface area contributed by atoms with Crippen LogP contribution in [0.25, 0.3) is 0 Å². The van der Waals surface area contributed by atoms with E-state index in [2.05, 4.69) is 34.1 Å². The molecule has 1 aliphatic heterocycles. The third-order valence-corrected chi connectivity index (χ3v) is 3.50. The Hall–Kier alpha value is -2.03. The molecule has 0 aliphatic carbocycles. The first-order valence-corrected chi connectivity index (χ1v) is 6.37. The second-order valence-electron chi connectivity index (χ2n) is 4.68. The number of hydrogen-bond acceptors (Lipinski definition) is 3. The fraction of sp³-hybridized carbons (Fsp3) is 0.267. The SMILES string of the molecule is Nc1cccc(N2CCc3ccccc3CC2)n1. The number of nitrogens with two attached hydrogens (primary N) is 1. The monoisotopic (exact) mass is 239 g/mol. The summed E-state index contributed by atoms with van der Waals surface area (Å²) in [5.74, 6) is 1.58. The highest BCUT2D eigenvalue weighted by atomic mass is 15.2. The van der Waals surface area contributed by atoms with Crippen LogP contribution in [0.4, 0.5) is 11.6 Å². The van der Waals surface area contributed by atoms with Crippen LogP contribution in [0, 0.1) is 0 Å². The van der Waals surface area contributed by atoms with Crippen molar-refractivity contribution in [3.63, 3.8) is 0 Å². The summed E-state index contributed by atoms with van der Waals surface area (Å²) in [7, 11) is 0. The standard InChI is InChI=1S/C15H17N3/c16-14-6-3-7-15(17-14)18-10-8-12-4-1-2-5-13(12)9-11-18/h1-7H,8-11H2,(H2,16,17). The molecule has 3 heteroatoms. The fourth-order valence-electron chi connectivity index (χ4n) is 2.51. The van der Waals surface area contributed by atoms with E-state index >= 15 is 0 Å². The summed E-state index contributed by atoms with van der Waals surface area (Å²) in [5.41, 5.74) is 8.67. The number of nitrogen functional groups attached to an aromatic ring is 1. The molecule has 0 fully saturated rings. The zero-order valence-electron chi connectivity index (χ0n) is 10.3. The van der Waals surface area contributed by atoms with Crippen LogP contribution >= 0.6 is 0 Å². The molecule has 1 aromatic carbocycles. The number of nitrogens with zero attached hydrogens (tertiary/aromatic N) is 2. The Kier molecular flexibility index (Phi) is 2.89. The van der Waals surface area contributed by atoms with Gasteiger partial charge in [0.05, 0.1) is 0 Å². The van der Waals surface area contributed by atoms with Gasteiger partial charge < -0.3 is 10.6 Å². The summed E-state index contributed by atoms with van der Waals surface area (Å²) in [6.07, 6.45) is 2.15. The minimum atomic E-state index is 0.592. The molecule has 18 heavy (non-hydrogen) atoms. The second-order valence-corrected chi connectivity index (χ2v) is 4.68. The first kappa shape index (κ1) is 11.1. The molecule has 0 saturated carbocycles. The fourth-order valence-corrected chi connectivity index (χ4v) is 2.51. The minimum Gasteiger partial charge on any atom is -0.384 e. The van der Waals surface area contributed by atoms with Crippen molar-refractivity contribution in [3.8, 4) is 0 Å². The Bertz CT molecular complexity index is 524. The molecule has 0 spiro atoms. The van der Waals surface area contributed by atoms with Crippen molar-refractivity contribution in [2.75, 3.05) is 23.7 Å². The van der Waals surface area contributed by atoms with Crippen LogP contribution in [0.5, 0.6) is 0 Å². The van der Waals surface area contributed by atoms with Crippen molar-refractivity contribution in [2.24, 2.45) is 0 Å². The molecule has 0 saturated heterocycles. The van der Waals surface area contributed by atoms with Crippen molar-refractivity contribution < 1.29 is 0 Å². The van der Waals surface area contributed by atoms with E-state index in [4.69, 9.17) is 5.73 Å². The van der Waals surface area contributed by atoms with Crippen LogP contribution in [-0.4, -0.2) is 18.1 Å². The zero-order valence-corrected chi connectivity index (χ0v) is 10.3. The van der Waals surface area contributed by atoms with Crippen LogP contribution in [-0.2, 0) is 12.8 Å². The van der Waals surface area contributed by atoms with Crippen LogP contribution in [0.1, 0.15) is 11.1 Å². The molecule has 0 radical (unpaired) electrons. The molecule has 0 bridgehead atoms. The summed E-state index contributed by atoms with van der Waals surface area (Å²) in [4.78, 5) is 6.72. The number of anilines is 2. The summed E-state index contributed by atoms with van der Waals surface area (Å²) < 4.78 is 0. The van der Waals surface area contributed by atoms with E-state index in [0.717, 1.165) is 31.7 Å². The molecule has 0 amide bonds. The molecule has 2 heterocycles. The van der Waals surface area contributed by atoms with Gasteiger partial charge in [-0.3, -0.25) is 0 Å². The number of fused-ring (bicyclic) bond motifs is 1. The number of rotatable bonds is 1. The lowest BCUT2D eigenvalue weighted by Gasteiger charge is -2.21. The number of aromatic nitrogens is 1. The molecule has 1 aliphatic rings. The van der Waals surface area contributed by atoms with Gasteiger partial charge in [0.15, 0.2) is 0 Å². The third kappa shape index (κ3) is 2.16. The van der Waals surface area contributed by atoms with E-state index in [1.165, 1.54) is 11.1 Å². The number of hydrogen-bond donors (Lipinski definition) is 1.